The van der Waals surface area contributed by atoms with Crippen LogP contribution in [0.5, 0.6) is 5.75 Å². The van der Waals surface area contributed by atoms with Crippen LogP contribution in [-0.2, 0) is 0 Å². The average Bonchev–Trinajstić information content (AvgIpc) is 2.19. The summed E-state index contributed by atoms with van der Waals surface area (Å²) in [6.07, 6.45) is 0.349. The van der Waals surface area contributed by atoms with Gasteiger partial charge >= 0.3 is 0 Å². The van der Waals surface area contributed by atoms with Gasteiger partial charge in [-0.1, -0.05) is 22.9 Å². The molecule has 0 saturated carbocycles. The van der Waals surface area contributed by atoms with E-state index in [1.54, 1.807) is 0 Å². The van der Waals surface area contributed by atoms with Crippen LogP contribution in [0.4, 0.5) is 0 Å². The Morgan fingerprint density at radius 2 is 2.29 bits per heavy atom. The molecule has 14 heavy (non-hydrogen) atoms. The highest BCUT2D eigenvalue weighted by molar-refractivity contribution is 9.10. The lowest BCUT2D eigenvalue weighted by molar-refractivity contribution is 0.251. The van der Waals surface area contributed by atoms with Crippen molar-refractivity contribution < 1.29 is 4.74 Å². The minimum Gasteiger partial charge on any atom is -0.476 e. The molecule has 0 saturated heterocycles. The van der Waals surface area contributed by atoms with Gasteiger partial charge in [0.2, 0.25) is 0 Å². The van der Waals surface area contributed by atoms with E-state index in [9.17, 15) is 0 Å². The SMILES string of the molecule is CCC(C#N)Oc1ccc(Br)c(C)c1. The van der Waals surface area contributed by atoms with Crippen LogP contribution in [0.3, 0.4) is 0 Å². The second-order valence-electron chi connectivity index (χ2n) is 3.05. The van der Waals surface area contributed by atoms with Gasteiger partial charge in [0.05, 0.1) is 0 Å². The Hall–Kier alpha value is -1.01. The number of halogens is 1. The van der Waals surface area contributed by atoms with Gasteiger partial charge in [-0.25, -0.2) is 0 Å². The summed E-state index contributed by atoms with van der Waals surface area (Å²) < 4.78 is 6.52. The lowest BCUT2D eigenvalue weighted by Gasteiger charge is -2.10. The van der Waals surface area contributed by atoms with Crippen molar-refractivity contribution >= 4 is 15.9 Å². The monoisotopic (exact) mass is 253 g/mol. The van der Waals surface area contributed by atoms with Gasteiger partial charge in [0.15, 0.2) is 6.10 Å². The van der Waals surface area contributed by atoms with Gasteiger partial charge < -0.3 is 4.74 Å². The van der Waals surface area contributed by atoms with Gasteiger partial charge in [0.25, 0.3) is 0 Å². The molecule has 0 bridgehead atoms. The quantitative estimate of drug-likeness (QED) is 0.827. The lowest BCUT2D eigenvalue weighted by atomic mass is 10.2. The maximum absolute atomic E-state index is 8.73. The topological polar surface area (TPSA) is 33.0 Å². The molecular weight excluding hydrogens is 242 g/mol. The van der Waals surface area contributed by atoms with E-state index in [1.807, 2.05) is 32.0 Å². The van der Waals surface area contributed by atoms with Crippen LogP contribution < -0.4 is 4.74 Å². The molecule has 1 unspecified atom stereocenters. The lowest BCUT2D eigenvalue weighted by Crippen LogP contribution is -2.12. The smallest absolute Gasteiger partial charge is 0.184 e. The van der Waals surface area contributed by atoms with Crippen molar-refractivity contribution in [1.82, 2.24) is 0 Å². The molecule has 0 amide bonds. The van der Waals surface area contributed by atoms with Crippen LogP contribution in [0.2, 0.25) is 0 Å². The summed E-state index contributed by atoms with van der Waals surface area (Å²) >= 11 is 3.41. The van der Waals surface area contributed by atoms with Crippen molar-refractivity contribution in [3.63, 3.8) is 0 Å². The summed E-state index contributed by atoms with van der Waals surface area (Å²) in [5.41, 5.74) is 1.11. The molecule has 0 fully saturated rings. The van der Waals surface area contributed by atoms with E-state index in [4.69, 9.17) is 10.00 Å². The minimum atomic E-state index is -0.351. The third-order valence-corrected chi connectivity index (χ3v) is 2.81. The number of benzene rings is 1. The molecule has 1 rings (SSSR count). The van der Waals surface area contributed by atoms with Crippen molar-refractivity contribution in [1.29, 1.82) is 5.26 Å². The predicted molar refractivity (Wildman–Crippen MR) is 59.2 cm³/mol. The first-order chi connectivity index (χ1) is 6.67. The Morgan fingerprint density at radius 3 is 2.79 bits per heavy atom. The Bertz CT molecular complexity index is 357. The van der Waals surface area contributed by atoms with E-state index in [-0.39, 0.29) is 6.10 Å². The molecule has 1 aromatic carbocycles. The molecule has 0 aliphatic carbocycles. The zero-order chi connectivity index (χ0) is 10.6. The minimum absolute atomic E-state index is 0.351. The van der Waals surface area contributed by atoms with Crippen LogP contribution >= 0.6 is 15.9 Å². The largest absolute Gasteiger partial charge is 0.476 e. The Balaban J connectivity index is 2.78. The van der Waals surface area contributed by atoms with Crippen molar-refractivity contribution in [2.75, 3.05) is 0 Å². The van der Waals surface area contributed by atoms with Crippen molar-refractivity contribution in [2.24, 2.45) is 0 Å². The summed E-state index contributed by atoms with van der Waals surface area (Å²) in [6.45, 7) is 3.92. The Morgan fingerprint density at radius 1 is 1.57 bits per heavy atom. The first-order valence-corrected chi connectivity index (χ1v) is 5.29. The van der Waals surface area contributed by atoms with Gasteiger partial charge in [0, 0.05) is 4.47 Å². The first-order valence-electron chi connectivity index (χ1n) is 4.49. The molecule has 0 heterocycles. The van der Waals surface area contributed by atoms with Crippen LogP contribution in [0, 0.1) is 18.3 Å². The number of rotatable bonds is 3. The van der Waals surface area contributed by atoms with E-state index in [1.165, 1.54) is 0 Å². The van der Waals surface area contributed by atoms with Crippen molar-refractivity contribution in [3.8, 4) is 11.8 Å². The van der Waals surface area contributed by atoms with Crippen LogP contribution in [0.25, 0.3) is 0 Å². The van der Waals surface area contributed by atoms with Crippen molar-refractivity contribution in [2.45, 2.75) is 26.4 Å². The van der Waals surface area contributed by atoms with E-state index in [2.05, 4.69) is 22.0 Å². The zero-order valence-electron chi connectivity index (χ0n) is 8.25. The van der Waals surface area contributed by atoms with Crippen LogP contribution in [0.1, 0.15) is 18.9 Å². The molecule has 0 aromatic heterocycles. The van der Waals surface area contributed by atoms with Gasteiger partial charge in [-0.15, -0.1) is 0 Å². The maximum atomic E-state index is 8.73. The van der Waals surface area contributed by atoms with E-state index < -0.39 is 0 Å². The molecule has 1 aromatic rings. The second-order valence-corrected chi connectivity index (χ2v) is 3.91. The summed E-state index contributed by atoms with van der Waals surface area (Å²) in [7, 11) is 0. The standard InChI is InChI=1S/C11H12BrNO/c1-3-9(7-13)14-10-4-5-11(12)8(2)6-10/h4-6,9H,3H2,1-2H3. The fraction of sp³-hybridized carbons (Fsp3) is 0.364. The highest BCUT2D eigenvalue weighted by Gasteiger charge is 2.06. The van der Waals surface area contributed by atoms with Gasteiger partial charge in [0.1, 0.15) is 11.8 Å². The third kappa shape index (κ3) is 2.74. The maximum Gasteiger partial charge on any atom is 0.184 e. The molecule has 0 radical (unpaired) electrons. The first kappa shape index (κ1) is 11.1. The number of nitrogens with zero attached hydrogens (tertiary/aromatic N) is 1. The normalized spacial score (nSPS) is 11.9. The van der Waals surface area contributed by atoms with E-state index >= 15 is 0 Å². The highest BCUT2D eigenvalue weighted by Crippen LogP contribution is 2.22. The Kier molecular flexibility index (Phi) is 3.97. The summed E-state index contributed by atoms with van der Waals surface area (Å²) in [5, 5.41) is 8.73. The molecular formula is C11H12BrNO. The number of nitriles is 1. The molecule has 0 aliphatic heterocycles. The number of aryl methyl sites for hydroxylation is 1. The average molecular weight is 254 g/mol. The molecule has 0 aliphatic rings. The number of hydrogen-bond acceptors (Lipinski definition) is 2. The van der Waals surface area contributed by atoms with Gasteiger partial charge in [-0.2, -0.15) is 5.26 Å². The molecule has 1 atom stereocenters. The molecule has 3 heteroatoms. The zero-order valence-corrected chi connectivity index (χ0v) is 9.84. The van der Waals surface area contributed by atoms with E-state index in [0.717, 1.165) is 15.8 Å². The summed E-state index contributed by atoms with van der Waals surface area (Å²) in [5.74, 6) is 0.749. The third-order valence-electron chi connectivity index (χ3n) is 1.92. The van der Waals surface area contributed by atoms with Gasteiger partial charge in [-0.05, 0) is 37.1 Å². The highest BCUT2D eigenvalue weighted by atomic mass is 79.9. The summed E-state index contributed by atoms with van der Waals surface area (Å²) in [4.78, 5) is 0. The predicted octanol–water partition coefficient (Wildman–Crippen LogP) is 3.44. The summed E-state index contributed by atoms with van der Waals surface area (Å²) in [6, 6.07) is 7.80. The fourth-order valence-corrected chi connectivity index (χ4v) is 1.30. The molecule has 0 N–H and O–H groups in total. The second kappa shape index (κ2) is 5.02. The van der Waals surface area contributed by atoms with Crippen LogP contribution in [0.15, 0.2) is 22.7 Å². The van der Waals surface area contributed by atoms with E-state index in [0.29, 0.717) is 6.42 Å². The molecule has 2 nitrogen and oxygen atoms in total. The number of ether oxygens (including phenoxy) is 1. The molecule has 0 spiro atoms. The Labute approximate surface area is 92.6 Å². The van der Waals surface area contributed by atoms with Crippen LogP contribution in [-0.4, -0.2) is 6.10 Å². The number of hydrogen-bond donors (Lipinski definition) is 0. The molecule has 74 valence electrons. The van der Waals surface area contributed by atoms with Gasteiger partial charge in [-0.3, -0.25) is 0 Å². The fourth-order valence-electron chi connectivity index (χ4n) is 1.06. The van der Waals surface area contributed by atoms with Crippen molar-refractivity contribution in [3.05, 3.63) is 28.2 Å².